The first-order valence-corrected chi connectivity index (χ1v) is 10.5. The molecular weight excluding hydrogens is 402 g/mol. The summed E-state index contributed by atoms with van der Waals surface area (Å²) in [7, 11) is -1.96. The van der Waals surface area contributed by atoms with Crippen LogP contribution in [0.5, 0.6) is 5.75 Å². The molecule has 2 heterocycles. The monoisotopic (exact) mass is 419 g/mol. The van der Waals surface area contributed by atoms with Crippen LogP contribution in [-0.4, -0.2) is 43.1 Å². The zero-order valence-corrected chi connectivity index (χ0v) is 16.7. The summed E-state index contributed by atoms with van der Waals surface area (Å²) in [6.45, 7) is 0.594. The minimum atomic E-state index is -3.57. The second-order valence-electron chi connectivity index (χ2n) is 6.51. The first-order chi connectivity index (χ1) is 13.5. The number of hydrogen-bond acceptors (Lipinski definition) is 6. The minimum Gasteiger partial charge on any atom is -0.496 e. The highest BCUT2D eigenvalue weighted by Crippen LogP contribution is 2.32. The molecular formula is C19H18ClN3O4S. The van der Waals surface area contributed by atoms with Crippen LogP contribution in [0.15, 0.2) is 57.9 Å². The van der Waals surface area contributed by atoms with Gasteiger partial charge in [0, 0.05) is 30.1 Å². The van der Waals surface area contributed by atoms with Crippen molar-refractivity contribution >= 4 is 21.6 Å². The van der Waals surface area contributed by atoms with Crippen molar-refractivity contribution in [2.45, 2.75) is 17.2 Å². The van der Waals surface area contributed by atoms with Gasteiger partial charge in [-0.3, -0.25) is 0 Å². The molecule has 0 unspecified atom stereocenters. The van der Waals surface area contributed by atoms with E-state index in [-0.39, 0.29) is 10.8 Å². The highest BCUT2D eigenvalue weighted by atomic mass is 35.5. The Hall–Kier alpha value is -2.42. The quantitative estimate of drug-likeness (QED) is 0.610. The van der Waals surface area contributed by atoms with Gasteiger partial charge in [0.05, 0.1) is 17.9 Å². The van der Waals surface area contributed by atoms with E-state index in [2.05, 4.69) is 10.1 Å². The smallest absolute Gasteiger partial charge is 0.243 e. The van der Waals surface area contributed by atoms with Gasteiger partial charge in [-0.15, -0.1) is 0 Å². The van der Waals surface area contributed by atoms with Gasteiger partial charge in [-0.1, -0.05) is 41.0 Å². The SMILES string of the molecule is COc1ccccc1Cc1noc(C2CN(S(=O)(=O)c3cccc(Cl)c3)C2)n1. The lowest BCUT2D eigenvalue weighted by atomic mass is 10.0. The number of aromatic nitrogens is 2. The van der Waals surface area contributed by atoms with Crippen molar-refractivity contribution in [3.8, 4) is 5.75 Å². The van der Waals surface area contributed by atoms with E-state index in [4.69, 9.17) is 20.9 Å². The van der Waals surface area contributed by atoms with Crippen LogP contribution < -0.4 is 4.74 Å². The molecule has 4 rings (SSSR count). The van der Waals surface area contributed by atoms with Gasteiger partial charge in [-0.2, -0.15) is 9.29 Å². The van der Waals surface area contributed by atoms with Crippen molar-refractivity contribution in [3.63, 3.8) is 0 Å². The van der Waals surface area contributed by atoms with Crippen LogP contribution in [0, 0.1) is 0 Å². The molecule has 0 atom stereocenters. The van der Waals surface area contributed by atoms with Gasteiger partial charge in [-0.05, 0) is 24.3 Å². The molecule has 0 N–H and O–H groups in total. The Bertz CT molecular complexity index is 1090. The van der Waals surface area contributed by atoms with Crippen molar-refractivity contribution < 1.29 is 17.7 Å². The number of sulfonamides is 1. The molecule has 146 valence electrons. The van der Waals surface area contributed by atoms with Crippen LogP contribution in [0.3, 0.4) is 0 Å². The van der Waals surface area contributed by atoms with Crippen LogP contribution >= 0.6 is 11.6 Å². The summed E-state index contributed by atoms with van der Waals surface area (Å²) >= 11 is 5.91. The van der Waals surface area contributed by atoms with Gasteiger partial charge in [0.15, 0.2) is 5.82 Å². The Kier molecular flexibility index (Phi) is 5.09. The van der Waals surface area contributed by atoms with Gasteiger partial charge in [0.25, 0.3) is 0 Å². The molecule has 1 fully saturated rings. The summed E-state index contributed by atoms with van der Waals surface area (Å²) in [6.07, 6.45) is 0.477. The third-order valence-electron chi connectivity index (χ3n) is 4.66. The van der Waals surface area contributed by atoms with Crippen LogP contribution in [0.4, 0.5) is 0 Å². The molecule has 1 aliphatic rings. The Morgan fingerprint density at radius 1 is 1.21 bits per heavy atom. The minimum absolute atomic E-state index is 0.118. The average molecular weight is 420 g/mol. The van der Waals surface area contributed by atoms with Crippen molar-refractivity contribution in [3.05, 3.63) is 70.8 Å². The van der Waals surface area contributed by atoms with Gasteiger partial charge in [0.1, 0.15) is 5.75 Å². The largest absolute Gasteiger partial charge is 0.496 e. The van der Waals surface area contributed by atoms with Gasteiger partial charge in [-0.25, -0.2) is 8.42 Å². The van der Waals surface area contributed by atoms with Crippen molar-refractivity contribution in [1.82, 2.24) is 14.4 Å². The highest BCUT2D eigenvalue weighted by Gasteiger charge is 2.40. The van der Waals surface area contributed by atoms with Crippen LogP contribution in [0.1, 0.15) is 23.2 Å². The van der Waals surface area contributed by atoms with E-state index in [1.54, 1.807) is 19.2 Å². The van der Waals surface area contributed by atoms with E-state index in [0.717, 1.165) is 11.3 Å². The normalized spacial score (nSPS) is 15.4. The van der Waals surface area contributed by atoms with E-state index in [1.165, 1.54) is 16.4 Å². The topological polar surface area (TPSA) is 85.5 Å². The fourth-order valence-corrected chi connectivity index (χ4v) is 4.92. The number of benzene rings is 2. The maximum Gasteiger partial charge on any atom is 0.243 e. The lowest BCUT2D eigenvalue weighted by Gasteiger charge is -2.35. The van der Waals surface area contributed by atoms with E-state index >= 15 is 0 Å². The van der Waals surface area contributed by atoms with Crippen LogP contribution in [-0.2, 0) is 16.4 Å². The van der Waals surface area contributed by atoms with Crippen molar-refractivity contribution in [1.29, 1.82) is 0 Å². The number of nitrogens with zero attached hydrogens (tertiary/aromatic N) is 3. The van der Waals surface area contributed by atoms with E-state index in [0.29, 0.717) is 36.2 Å². The number of para-hydroxylation sites is 1. The molecule has 7 nitrogen and oxygen atoms in total. The van der Waals surface area contributed by atoms with Gasteiger partial charge >= 0.3 is 0 Å². The second-order valence-corrected chi connectivity index (χ2v) is 8.89. The molecule has 0 amide bonds. The lowest BCUT2D eigenvalue weighted by Crippen LogP contribution is -2.48. The summed E-state index contributed by atoms with van der Waals surface area (Å²) in [4.78, 5) is 4.61. The van der Waals surface area contributed by atoms with Gasteiger partial charge in [0.2, 0.25) is 15.9 Å². The molecule has 0 aliphatic carbocycles. The first kappa shape index (κ1) is 18.9. The maximum absolute atomic E-state index is 12.6. The molecule has 9 heteroatoms. The molecule has 3 aromatic rings. The number of halogens is 1. The zero-order valence-electron chi connectivity index (χ0n) is 15.1. The highest BCUT2D eigenvalue weighted by molar-refractivity contribution is 7.89. The van der Waals surface area contributed by atoms with Crippen LogP contribution in [0.2, 0.25) is 5.02 Å². The zero-order chi connectivity index (χ0) is 19.7. The molecule has 0 spiro atoms. The van der Waals surface area contributed by atoms with Crippen molar-refractivity contribution in [2.24, 2.45) is 0 Å². The lowest BCUT2D eigenvalue weighted by molar-refractivity contribution is 0.216. The second kappa shape index (κ2) is 7.54. The fraction of sp³-hybridized carbons (Fsp3) is 0.263. The summed E-state index contributed by atoms with van der Waals surface area (Å²) in [5.74, 6) is 1.63. The standard InChI is InChI=1S/C19H18ClN3O4S/c1-26-17-8-3-2-5-13(17)9-18-21-19(27-22-18)14-11-23(12-14)28(24,25)16-7-4-6-15(20)10-16/h2-8,10,14H,9,11-12H2,1H3. The average Bonchev–Trinajstić information content (AvgIpc) is 3.08. The third-order valence-corrected chi connectivity index (χ3v) is 6.72. The van der Waals surface area contributed by atoms with E-state index < -0.39 is 10.0 Å². The number of methoxy groups -OCH3 is 1. The Labute approximate surface area is 167 Å². The fourth-order valence-electron chi connectivity index (χ4n) is 3.09. The number of rotatable bonds is 6. The Morgan fingerprint density at radius 3 is 2.75 bits per heavy atom. The molecule has 0 saturated carbocycles. The molecule has 0 radical (unpaired) electrons. The Morgan fingerprint density at radius 2 is 2.00 bits per heavy atom. The molecule has 2 aromatic carbocycles. The predicted molar refractivity (Wildman–Crippen MR) is 103 cm³/mol. The number of ether oxygens (including phenoxy) is 1. The maximum atomic E-state index is 12.6. The Balaban J connectivity index is 1.43. The summed E-state index contributed by atoms with van der Waals surface area (Å²) < 4.78 is 37.4. The summed E-state index contributed by atoms with van der Waals surface area (Å²) in [6, 6.07) is 13.9. The summed E-state index contributed by atoms with van der Waals surface area (Å²) in [5.41, 5.74) is 0.955. The molecule has 1 saturated heterocycles. The predicted octanol–water partition coefficient (Wildman–Crippen LogP) is 3.11. The molecule has 1 aliphatic heterocycles. The van der Waals surface area contributed by atoms with Crippen LogP contribution in [0.25, 0.3) is 0 Å². The first-order valence-electron chi connectivity index (χ1n) is 8.67. The van der Waals surface area contributed by atoms with Crippen molar-refractivity contribution in [2.75, 3.05) is 20.2 Å². The summed E-state index contributed by atoms with van der Waals surface area (Å²) in [5, 5.41) is 4.40. The molecule has 1 aromatic heterocycles. The number of hydrogen-bond donors (Lipinski definition) is 0. The van der Waals surface area contributed by atoms with E-state index in [9.17, 15) is 8.42 Å². The van der Waals surface area contributed by atoms with Gasteiger partial charge < -0.3 is 9.26 Å². The molecule has 28 heavy (non-hydrogen) atoms. The molecule has 0 bridgehead atoms. The van der Waals surface area contributed by atoms with E-state index in [1.807, 2.05) is 24.3 Å². The third kappa shape index (κ3) is 3.63.